The number of halogens is 1. The quantitative estimate of drug-likeness (QED) is 0.584. The first-order chi connectivity index (χ1) is 15.7. The zero-order chi connectivity index (χ0) is 25.2. The lowest BCUT2D eigenvalue weighted by molar-refractivity contribution is -0.125. The molecule has 3 rings (SSSR count). The number of hydrogen-bond acceptors (Lipinski definition) is 6. The van der Waals surface area contributed by atoms with E-state index in [4.69, 9.17) is 0 Å². The second-order valence-electron chi connectivity index (χ2n) is 7.46. The monoisotopic (exact) mass is 463 g/mol. The third kappa shape index (κ3) is 6.61. The van der Waals surface area contributed by atoms with Gasteiger partial charge in [0.15, 0.2) is 5.69 Å². The molecule has 0 saturated heterocycles. The van der Waals surface area contributed by atoms with Crippen LogP contribution in [0.4, 0.5) is 4.39 Å². The Hall–Kier alpha value is -3.27. The molecular formula is C23H34FN5O4. The van der Waals surface area contributed by atoms with Gasteiger partial charge in [-0.1, -0.05) is 32.9 Å². The van der Waals surface area contributed by atoms with Crippen LogP contribution >= 0.6 is 0 Å². The van der Waals surface area contributed by atoms with Crippen molar-refractivity contribution in [2.24, 2.45) is 0 Å². The van der Waals surface area contributed by atoms with Crippen molar-refractivity contribution in [3.8, 4) is 5.75 Å². The average molecular weight is 464 g/mol. The Morgan fingerprint density at radius 3 is 2.33 bits per heavy atom. The normalized spacial score (nSPS) is 13.5. The van der Waals surface area contributed by atoms with Crippen molar-refractivity contribution in [2.75, 3.05) is 20.1 Å². The summed E-state index contributed by atoms with van der Waals surface area (Å²) in [5, 5.41) is 15.6. The molecule has 0 fully saturated rings. The van der Waals surface area contributed by atoms with Gasteiger partial charge in [-0.05, 0) is 45.1 Å². The van der Waals surface area contributed by atoms with Crippen molar-refractivity contribution in [1.82, 2.24) is 25.1 Å². The van der Waals surface area contributed by atoms with E-state index in [1.807, 2.05) is 20.9 Å². The molecule has 3 N–H and O–H groups in total. The first-order valence-electron chi connectivity index (χ1n) is 10.9. The Morgan fingerprint density at radius 2 is 1.82 bits per heavy atom. The van der Waals surface area contributed by atoms with E-state index in [9.17, 15) is 23.9 Å². The van der Waals surface area contributed by atoms with E-state index in [1.54, 1.807) is 13.8 Å². The minimum Gasteiger partial charge on any atom is -0.501 e. The predicted octanol–water partition coefficient (Wildman–Crippen LogP) is 1.98. The maximum absolute atomic E-state index is 12.9. The lowest BCUT2D eigenvalue weighted by atomic mass is 9.99. The van der Waals surface area contributed by atoms with Gasteiger partial charge in [0.25, 0.3) is 11.5 Å². The van der Waals surface area contributed by atoms with Crippen LogP contribution in [0.1, 0.15) is 56.5 Å². The molecule has 0 unspecified atom stereocenters. The van der Waals surface area contributed by atoms with Gasteiger partial charge in [0.05, 0.1) is 5.54 Å². The number of aromatic nitrogens is 2. The van der Waals surface area contributed by atoms with Gasteiger partial charge in [-0.3, -0.25) is 19.0 Å². The van der Waals surface area contributed by atoms with Gasteiger partial charge in [0.2, 0.25) is 12.2 Å². The second kappa shape index (κ2) is 12.7. The highest BCUT2D eigenvalue weighted by Gasteiger charge is 2.38. The first kappa shape index (κ1) is 27.8. The van der Waals surface area contributed by atoms with Crippen molar-refractivity contribution in [3.05, 3.63) is 57.5 Å². The van der Waals surface area contributed by atoms with E-state index in [-0.39, 0.29) is 18.9 Å². The van der Waals surface area contributed by atoms with Gasteiger partial charge in [0.1, 0.15) is 11.6 Å². The molecule has 1 aromatic heterocycles. The van der Waals surface area contributed by atoms with Gasteiger partial charge in [-0.2, -0.15) is 0 Å². The highest BCUT2D eigenvalue weighted by Crippen LogP contribution is 2.29. The Labute approximate surface area is 193 Å². The standard InChI is InChI=1S/C18H19FN4O4.C3H9N.C2H6/c1-18(2)17-21-13(14(25)16(27)23(17)8-7-22(18)10-24)15(26)20-9-11-3-5-12(19)6-4-11;1-3-4-2;1-2/h3-6,10,25H,7-9H2,1-2H3,(H,20,26);4H,3H2,1-2H3;1-2H3. The molecule has 1 aromatic carbocycles. The molecule has 0 radical (unpaired) electrons. The van der Waals surface area contributed by atoms with Crippen LogP contribution in [0.5, 0.6) is 5.75 Å². The fourth-order valence-electron chi connectivity index (χ4n) is 3.05. The van der Waals surface area contributed by atoms with Crippen molar-refractivity contribution in [1.29, 1.82) is 0 Å². The highest BCUT2D eigenvalue weighted by atomic mass is 19.1. The van der Waals surface area contributed by atoms with Gasteiger partial charge in [-0.25, -0.2) is 9.37 Å². The Morgan fingerprint density at radius 1 is 1.24 bits per heavy atom. The summed E-state index contributed by atoms with van der Waals surface area (Å²) < 4.78 is 14.2. The van der Waals surface area contributed by atoms with Crippen LogP contribution in [0.2, 0.25) is 0 Å². The van der Waals surface area contributed by atoms with Crippen LogP contribution in [0, 0.1) is 5.82 Å². The van der Waals surface area contributed by atoms with E-state index in [1.165, 1.54) is 33.7 Å². The largest absolute Gasteiger partial charge is 0.501 e. The molecule has 2 heterocycles. The van der Waals surface area contributed by atoms with Crippen LogP contribution in [0.15, 0.2) is 29.1 Å². The molecule has 0 atom stereocenters. The number of carbonyl (C=O) groups excluding carboxylic acids is 2. The average Bonchev–Trinajstić information content (AvgIpc) is 2.82. The fourth-order valence-corrected chi connectivity index (χ4v) is 3.05. The summed E-state index contributed by atoms with van der Waals surface area (Å²) in [6, 6.07) is 5.55. The third-order valence-corrected chi connectivity index (χ3v) is 5.04. The summed E-state index contributed by atoms with van der Waals surface area (Å²) in [4.78, 5) is 41.9. The summed E-state index contributed by atoms with van der Waals surface area (Å²) in [7, 11) is 1.93. The van der Waals surface area contributed by atoms with E-state index in [2.05, 4.69) is 22.5 Å². The molecular weight excluding hydrogens is 429 g/mol. The summed E-state index contributed by atoms with van der Waals surface area (Å²) in [5.41, 5.74) is -1.41. The number of rotatable bonds is 5. The van der Waals surface area contributed by atoms with Crippen LogP contribution in [-0.4, -0.2) is 52.0 Å². The number of fused-ring (bicyclic) bond motifs is 1. The molecule has 33 heavy (non-hydrogen) atoms. The highest BCUT2D eigenvalue weighted by molar-refractivity contribution is 5.94. The summed E-state index contributed by atoms with van der Waals surface area (Å²) >= 11 is 0. The summed E-state index contributed by atoms with van der Waals surface area (Å²) in [5.74, 6) is -1.66. The molecule has 0 aliphatic carbocycles. The third-order valence-electron chi connectivity index (χ3n) is 5.04. The molecule has 182 valence electrons. The molecule has 9 nitrogen and oxygen atoms in total. The second-order valence-corrected chi connectivity index (χ2v) is 7.46. The van der Waals surface area contributed by atoms with Crippen molar-refractivity contribution in [3.63, 3.8) is 0 Å². The van der Waals surface area contributed by atoms with Crippen molar-refractivity contribution in [2.45, 2.75) is 53.2 Å². The SMILES string of the molecule is CC.CC1(C)c2nc(C(=O)NCc3ccc(F)cc3)c(O)c(=O)n2CCN1C=O.CCNC. The Kier molecular flexibility index (Phi) is 10.7. The Balaban J connectivity index is 0.000000820. The number of aromatic hydroxyl groups is 1. The predicted molar refractivity (Wildman–Crippen MR) is 124 cm³/mol. The molecule has 1 aliphatic heterocycles. The zero-order valence-electron chi connectivity index (χ0n) is 20.1. The summed E-state index contributed by atoms with van der Waals surface area (Å²) in [6.45, 7) is 11.1. The van der Waals surface area contributed by atoms with Gasteiger partial charge < -0.3 is 20.6 Å². The molecule has 10 heteroatoms. The van der Waals surface area contributed by atoms with Crippen LogP contribution in [0.3, 0.4) is 0 Å². The molecule has 2 amide bonds. The number of benzene rings is 1. The number of nitrogens with zero attached hydrogens (tertiary/aromatic N) is 3. The lowest BCUT2D eigenvalue weighted by Crippen LogP contribution is -2.52. The maximum Gasteiger partial charge on any atom is 0.296 e. The van der Waals surface area contributed by atoms with Crippen molar-refractivity contribution >= 4 is 12.3 Å². The number of carbonyl (C=O) groups is 2. The minimum atomic E-state index is -0.918. The minimum absolute atomic E-state index is 0.0719. The van der Waals surface area contributed by atoms with Crippen molar-refractivity contribution < 1.29 is 19.1 Å². The van der Waals surface area contributed by atoms with Crippen LogP contribution in [0.25, 0.3) is 0 Å². The number of amides is 2. The van der Waals surface area contributed by atoms with E-state index < -0.39 is 34.3 Å². The first-order valence-corrected chi connectivity index (χ1v) is 10.9. The fraction of sp³-hybridized carbons (Fsp3) is 0.478. The van der Waals surface area contributed by atoms with Gasteiger partial charge >= 0.3 is 0 Å². The van der Waals surface area contributed by atoms with Gasteiger partial charge in [0, 0.05) is 19.6 Å². The van der Waals surface area contributed by atoms with Crippen LogP contribution in [-0.2, 0) is 23.4 Å². The van der Waals surface area contributed by atoms with Gasteiger partial charge in [-0.15, -0.1) is 0 Å². The molecule has 0 spiro atoms. The zero-order valence-corrected chi connectivity index (χ0v) is 20.1. The smallest absolute Gasteiger partial charge is 0.296 e. The molecule has 0 saturated carbocycles. The van der Waals surface area contributed by atoms with E-state index in [0.29, 0.717) is 18.5 Å². The molecule has 1 aliphatic rings. The van der Waals surface area contributed by atoms with Crippen LogP contribution < -0.4 is 16.2 Å². The van der Waals surface area contributed by atoms with E-state index in [0.717, 1.165) is 6.54 Å². The number of hydrogen-bond donors (Lipinski definition) is 3. The molecule has 0 bridgehead atoms. The number of nitrogens with one attached hydrogen (secondary N) is 2. The summed E-state index contributed by atoms with van der Waals surface area (Å²) in [6.07, 6.45) is 0.663. The molecule has 2 aromatic rings. The topological polar surface area (TPSA) is 117 Å². The Bertz CT molecular complexity index is 988. The maximum atomic E-state index is 12.9. The van der Waals surface area contributed by atoms with E-state index >= 15 is 0 Å². The lowest BCUT2D eigenvalue weighted by Gasteiger charge is -2.40.